The molecule has 0 saturated carbocycles. The van der Waals surface area contributed by atoms with E-state index in [-0.39, 0.29) is 43.2 Å². The molecule has 8 nitrogen and oxygen atoms in total. The van der Waals surface area contributed by atoms with Crippen LogP contribution in [-0.4, -0.2) is 51.9 Å². The Balaban J connectivity index is 1.40. The largest absolute Gasteiger partial charge is 0.508 e. The van der Waals surface area contributed by atoms with Gasteiger partial charge in [-0.3, -0.25) is 29.5 Å². The summed E-state index contributed by atoms with van der Waals surface area (Å²) in [7, 11) is 0. The fourth-order valence-corrected chi connectivity index (χ4v) is 4.84. The predicted molar refractivity (Wildman–Crippen MR) is 124 cm³/mol. The molecule has 2 heterocycles. The standard InChI is InChI=1S/C26H22FN3O5/c27-23-16(14-5-2-1-3-6-14)11-21(31)17(24(23)33)12-28-19-8-4-7-15-18(19)13-30(26(15)35)20-9-10-22(32)29-25(20)34/h1-8,12,16,20,23,33H,9-11,13H2,(H,29,32,34). The maximum Gasteiger partial charge on any atom is 0.255 e. The van der Waals surface area contributed by atoms with Crippen molar-refractivity contribution in [2.45, 2.75) is 43.9 Å². The Hall–Kier alpha value is -4.14. The molecule has 1 saturated heterocycles. The van der Waals surface area contributed by atoms with Gasteiger partial charge in [0.25, 0.3) is 5.91 Å². The zero-order chi connectivity index (χ0) is 24.7. The molecule has 3 atom stereocenters. The van der Waals surface area contributed by atoms with Crippen LogP contribution in [0.5, 0.6) is 0 Å². The Bertz CT molecular complexity index is 1300. The number of piperidine rings is 1. The van der Waals surface area contributed by atoms with Crippen molar-refractivity contribution < 1.29 is 28.7 Å². The van der Waals surface area contributed by atoms with Crippen molar-refractivity contribution in [3.05, 3.63) is 76.6 Å². The van der Waals surface area contributed by atoms with E-state index in [9.17, 15) is 24.3 Å². The molecule has 5 rings (SSSR count). The Morgan fingerprint density at radius 3 is 2.57 bits per heavy atom. The van der Waals surface area contributed by atoms with Crippen molar-refractivity contribution in [3.63, 3.8) is 0 Å². The number of aliphatic imine (C=N–C) groups is 1. The maximum absolute atomic E-state index is 15.0. The van der Waals surface area contributed by atoms with E-state index >= 15 is 4.39 Å². The van der Waals surface area contributed by atoms with Gasteiger partial charge in [0.1, 0.15) is 11.8 Å². The quantitative estimate of drug-likeness (QED) is 0.521. The number of carbonyl (C=O) groups excluding carboxylic acids is 4. The lowest BCUT2D eigenvalue weighted by molar-refractivity contribution is -0.137. The SMILES string of the molecule is O=C1CCC(N2Cc3c(N=CC4=C(O)C(F)C(c5ccccc5)CC4=O)cccc3C2=O)C(=O)N1. The van der Waals surface area contributed by atoms with Gasteiger partial charge >= 0.3 is 0 Å². The number of nitrogens with one attached hydrogen (secondary N) is 1. The lowest BCUT2D eigenvalue weighted by Gasteiger charge is -2.29. The van der Waals surface area contributed by atoms with Crippen molar-refractivity contribution in [3.8, 4) is 0 Å². The minimum absolute atomic E-state index is 0.106. The fraction of sp³-hybridized carbons (Fsp3) is 0.269. The number of carbonyl (C=O) groups is 4. The number of Topliss-reactive ketones (excluding diaryl/α,β-unsaturated/α-hetero) is 1. The van der Waals surface area contributed by atoms with Crippen molar-refractivity contribution in [2.75, 3.05) is 0 Å². The topological polar surface area (TPSA) is 116 Å². The van der Waals surface area contributed by atoms with E-state index in [2.05, 4.69) is 10.3 Å². The molecule has 1 fully saturated rings. The molecule has 2 aliphatic heterocycles. The summed E-state index contributed by atoms with van der Waals surface area (Å²) in [5.74, 6) is -3.10. The van der Waals surface area contributed by atoms with Gasteiger partial charge in [0, 0.05) is 42.6 Å². The van der Waals surface area contributed by atoms with Crippen molar-refractivity contribution in [1.82, 2.24) is 10.2 Å². The number of hydrogen-bond acceptors (Lipinski definition) is 6. The highest BCUT2D eigenvalue weighted by Gasteiger charge is 2.40. The number of aliphatic hydroxyl groups is 1. The minimum Gasteiger partial charge on any atom is -0.508 e. The molecule has 35 heavy (non-hydrogen) atoms. The third-order valence-electron chi connectivity index (χ3n) is 6.71. The molecule has 9 heteroatoms. The fourth-order valence-electron chi connectivity index (χ4n) is 4.84. The van der Waals surface area contributed by atoms with Crippen molar-refractivity contribution in [2.24, 2.45) is 4.99 Å². The molecular weight excluding hydrogens is 453 g/mol. The lowest BCUT2D eigenvalue weighted by Crippen LogP contribution is -2.52. The zero-order valence-corrected chi connectivity index (χ0v) is 18.6. The van der Waals surface area contributed by atoms with E-state index in [1.54, 1.807) is 48.5 Å². The summed E-state index contributed by atoms with van der Waals surface area (Å²) < 4.78 is 15.0. The van der Waals surface area contributed by atoms with Gasteiger partial charge < -0.3 is 10.0 Å². The highest BCUT2D eigenvalue weighted by atomic mass is 19.1. The van der Waals surface area contributed by atoms with Crippen LogP contribution in [0.25, 0.3) is 0 Å². The van der Waals surface area contributed by atoms with Crippen LogP contribution in [0.3, 0.4) is 0 Å². The number of nitrogens with zero attached hydrogens (tertiary/aromatic N) is 2. The minimum atomic E-state index is -1.75. The van der Waals surface area contributed by atoms with Gasteiger partial charge in [0.05, 0.1) is 11.3 Å². The van der Waals surface area contributed by atoms with E-state index in [0.717, 1.165) is 6.21 Å². The van der Waals surface area contributed by atoms with E-state index in [0.29, 0.717) is 22.4 Å². The van der Waals surface area contributed by atoms with E-state index in [1.165, 1.54) is 4.90 Å². The Labute approximate surface area is 200 Å². The van der Waals surface area contributed by atoms with E-state index < -0.39 is 35.6 Å². The van der Waals surface area contributed by atoms with Crippen LogP contribution in [0, 0.1) is 0 Å². The highest BCUT2D eigenvalue weighted by molar-refractivity contribution is 6.15. The number of benzene rings is 2. The lowest BCUT2D eigenvalue weighted by atomic mass is 9.81. The van der Waals surface area contributed by atoms with E-state index in [1.807, 2.05) is 0 Å². The zero-order valence-electron chi connectivity index (χ0n) is 18.6. The number of alkyl halides is 1. The average Bonchev–Trinajstić information content (AvgIpc) is 3.19. The first-order valence-electron chi connectivity index (χ1n) is 11.3. The Kier molecular flexibility index (Phi) is 5.76. The van der Waals surface area contributed by atoms with Crippen LogP contribution < -0.4 is 5.32 Å². The van der Waals surface area contributed by atoms with Crippen LogP contribution in [0.15, 0.2) is 64.9 Å². The summed E-state index contributed by atoms with van der Waals surface area (Å²) in [4.78, 5) is 55.2. The molecule has 0 aromatic heterocycles. The number of aliphatic hydroxyl groups excluding tert-OH is 1. The molecule has 0 radical (unpaired) electrons. The van der Waals surface area contributed by atoms with Gasteiger partial charge in [-0.2, -0.15) is 0 Å². The van der Waals surface area contributed by atoms with Gasteiger partial charge in [-0.1, -0.05) is 36.4 Å². The first-order valence-corrected chi connectivity index (χ1v) is 11.3. The number of amides is 3. The third-order valence-corrected chi connectivity index (χ3v) is 6.71. The highest BCUT2D eigenvalue weighted by Crippen LogP contribution is 2.37. The average molecular weight is 475 g/mol. The van der Waals surface area contributed by atoms with Gasteiger partial charge in [-0.15, -0.1) is 0 Å². The summed E-state index contributed by atoms with van der Waals surface area (Å²) in [6, 6.07) is 12.8. The maximum atomic E-state index is 15.0. The second-order valence-electron chi connectivity index (χ2n) is 8.81. The number of fused-ring (bicyclic) bond motifs is 1. The summed E-state index contributed by atoms with van der Waals surface area (Å²) in [6.07, 6.45) is -0.335. The van der Waals surface area contributed by atoms with Crippen LogP contribution >= 0.6 is 0 Å². The van der Waals surface area contributed by atoms with Crippen molar-refractivity contribution >= 4 is 35.4 Å². The van der Waals surface area contributed by atoms with Crippen LogP contribution in [0.1, 0.15) is 46.7 Å². The molecule has 0 spiro atoms. The molecule has 2 N–H and O–H groups in total. The Morgan fingerprint density at radius 1 is 1.06 bits per heavy atom. The van der Waals surface area contributed by atoms with Gasteiger partial charge in [-0.25, -0.2) is 4.39 Å². The smallest absolute Gasteiger partial charge is 0.255 e. The summed E-state index contributed by atoms with van der Waals surface area (Å²) >= 11 is 0. The third kappa shape index (κ3) is 4.03. The molecule has 3 aliphatic rings. The van der Waals surface area contributed by atoms with Crippen LogP contribution in [0.2, 0.25) is 0 Å². The molecular formula is C26H22FN3O5. The molecule has 3 amide bonds. The number of rotatable bonds is 4. The normalized spacial score (nSPS) is 24.8. The second kappa shape index (κ2) is 8.90. The summed E-state index contributed by atoms with van der Waals surface area (Å²) in [6.45, 7) is 0.106. The van der Waals surface area contributed by atoms with Gasteiger partial charge in [0.15, 0.2) is 12.0 Å². The number of allylic oxidation sites excluding steroid dienone is 2. The van der Waals surface area contributed by atoms with Gasteiger partial charge in [-0.05, 0) is 24.1 Å². The second-order valence-corrected chi connectivity index (χ2v) is 8.81. The molecule has 1 aliphatic carbocycles. The first-order chi connectivity index (χ1) is 16.8. The first kappa shape index (κ1) is 22.6. The Morgan fingerprint density at radius 2 is 1.83 bits per heavy atom. The predicted octanol–water partition coefficient (Wildman–Crippen LogP) is 3.06. The molecule has 178 valence electrons. The van der Waals surface area contributed by atoms with Crippen molar-refractivity contribution in [1.29, 1.82) is 0 Å². The summed E-state index contributed by atoms with van der Waals surface area (Å²) in [5.41, 5.74) is 1.72. The van der Waals surface area contributed by atoms with Gasteiger partial charge in [0.2, 0.25) is 11.8 Å². The molecule has 2 aromatic carbocycles. The van der Waals surface area contributed by atoms with Crippen LogP contribution in [0.4, 0.5) is 10.1 Å². The van der Waals surface area contributed by atoms with E-state index in [4.69, 9.17) is 0 Å². The molecule has 2 aromatic rings. The van der Waals surface area contributed by atoms with Crippen LogP contribution in [-0.2, 0) is 20.9 Å². The number of ketones is 1. The molecule has 0 bridgehead atoms. The number of hydrogen-bond donors (Lipinski definition) is 2. The molecule has 3 unspecified atom stereocenters. The number of halogens is 1. The summed E-state index contributed by atoms with van der Waals surface area (Å²) in [5, 5.41) is 12.7. The number of imide groups is 1. The monoisotopic (exact) mass is 475 g/mol.